The highest BCUT2D eigenvalue weighted by Gasteiger charge is 2.27. The number of piperazine rings is 1. The van der Waals surface area contributed by atoms with Crippen LogP contribution < -0.4 is 5.32 Å². The van der Waals surface area contributed by atoms with Gasteiger partial charge in [0.15, 0.2) is 0 Å². The van der Waals surface area contributed by atoms with E-state index >= 15 is 0 Å². The molecule has 98 valence electrons. The van der Waals surface area contributed by atoms with E-state index in [1.165, 1.54) is 6.42 Å². The molecular formula is C13H25N3O. The van der Waals surface area contributed by atoms with Gasteiger partial charge in [-0.15, -0.1) is 0 Å². The molecule has 0 saturated carbocycles. The SMILES string of the molecule is CC1CCC(C)N(C(=O)CN2CCNCC2)C1. The van der Waals surface area contributed by atoms with Gasteiger partial charge in [0.1, 0.15) is 0 Å². The molecule has 0 radical (unpaired) electrons. The van der Waals surface area contributed by atoms with E-state index in [2.05, 4.69) is 29.0 Å². The lowest BCUT2D eigenvalue weighted by atomic mass is 9.95. The second kappa shape index (κ2) is 5.83. The smallest absolute Gasteiger partial charge is 0.236 e. The Morgan fingerprint density at radius 3 is 2.65 bits per heavy atom. The largest absolute Gasteiger partial charge is 0.339 e. The quantitative estimate of drug-likeness (QED) is 0.764. The Bertz CT molecular complexity index is 263. The van der Waals surface area contributed by atoms with Gasteiger partial charge < -0.3 is 10.2 Å². The molecule has 0 aliphatic carbocycles. The minimum absolute atomic E-state index is 0.325. The zero-order valence-corrected chi connectivity index (χ0v) is 11.1. The molecule has 2 rings (SSSR count). The summed E-state index contributed by atoms with van der Waals surface area (Å²) in [6.07, 6.45) is 2.42. The third kappa shape index (κ3) is 3.42. The molecule has 0 aromatic carbocycles. The van der Waals surface area contributed by atoms with Gasteiger partial charge >= 0.3 is 0 Å². The van der Waals surface area contributed by atoms with Crippen molar-refractivity contribution >= 4 is 5.91 Å². The van der Waals surface area contributed by atoms with Crippen molar-refractivity contribution in [2.24, 2.45) is 5.92 Å². The Morgan fingerprint density at radius 2 is 1.94 bits per heavy atom. The zero-order valence-electron chi connectivity index (χ0n) is 11.1. The normalized spacial score (nSPS) is 31.5. The molecule has 0 bridgehead atoms. The lowest BCUT2D eigenvalue weighted by Crippen LogP contribution is -2.52. The first-order valence-electron chi connectivity index (χ1n) is 6.89. The number of rotatable bonds is 2. The molecule has 0 spiro atoms. The number of hydrogen-bond acceptors (Lipinski definition) is 3. The van der Waals surface area contributed by atoms with E-state index in [4.69, 9.17) is 0 Å². The molecule has 17 heavy (non-hydrogen) atoms. The summed E-state index contributed by atoms with van der Waals surface area (Å²) in [5.74, 6) is 0.990. The maximum absolute atomic E-state index is 12.3. The van der Waals surface area contributed by atoms with Crippen LogP contribution in [0, 0.1) is 5.92 Å². The lowest BCUT2D eigenvalue weighted by molar-refractivity contribution is -0.136. The first kappa shape index (κ1) is 12.8. The number of piperidine rings is 1. The molecule has 2 fully saturated rings. The van der Waals surface area contributed by atoms with Crippen LogP contribution in [0.15, 0.2) is 0 Å². The number of amides is 1. The average Bonchev–Trinajstić information content (AvgIpc) is 2.33. The van der Waals surface area contributed by atoms with Crippen LogP contribution in [0.2, 0.25) is 0 Å². The third-order valence-corrected chi connectivity index (χ3v) is 4.01. The lowest BCUT2D eigenvalue weighted by Gasteiger charge is -2.38. The van der Waals surface area contributed by atoms with Gasteiger partial charge in [0.2, 0.25) is 5.91 Å². The molecule has 0 aromatic rings. The van der Waals surface area contributed by atoms with Crippen LogP contribution in [0.3, 0.4) is 0 Å². The Morgan fingerprint density at radius 1 is 1.24 bits per heavy atom. The zero-order chi connectivity index (χ0) is 12.3. The van der Waals surface area contributed by atoms with Gasteiger partial charge in [-0.25, -0.2) is 0 Å². The Labute approximate surface area is 104 Å². The van der Waals surface area contributed by atoms with Gasteiger partial charge in [-0.3, -0.25) is 9.69 Å². The highest BCUT2D eigenvalue weighted by molar-refractivity contribution is 5.78. The molecule has 2 aliphatic heterocycles. The minimum atomic E-state index is 0.325. The predicted octanol–water partition coefficient (Wildman–Crippen LogP) is 0.539. The van der Waals surface area contributed by atoms with Gasteiger partial charge in [-0.05, 0) is 25.7 Å². The van der Waals surface area contributed by atoms with Crippen molar-refractivity contribution in [3.63, 3.8) is 0 Å². The Kier molecular flexibility index (Phi) is 4.40. The maximum Gasteiger partial charge on any atom is 0.236 e. The Hall–Kier alpha value is -0.610. The summed E-state index contributed by atoms with van der Waals surface area (Å²) in [6.45, 7) is 10.0. The summed E-state index contributed by atoms with van der Waals surface area (Å²) in [7, 11) is 0. The molecule has 1 amide bonds. The van der Waals surface area contributed by atoms with E-state index < -0.39 is 0 Å². The monoisotopic (exact) mass is 239 g/mol. The molecule has 2 unspecified atom stereocenters. The number of likely N-dealkylation sites (tertiary alicyclic amines) is 1. The van der Waals surface area contributed by atoms with Crippen LogP contribution in [-0.2, 0) is 4.79 Å². The first-order chi connectivity index (χ1) is 8.16. The molecule has 2 atom stereocenters. The number of carbonyl (C=O) groups excluding carboxylic acids is 1. The van der Waals surface area contributed by atoms with Crippen molar-refractivity contribution in [3.05, 3.63) is 0 Å². The summed E-state index contributed by atoms with van der Waals surface area (Å²) in [4.78, 5) is 16.6. The van der Waals surface area contributed by atoms with Crippen LogP contribution in [0.4, 0.5) is 0 Å². The fourth-order valence-corrected chi connectivity index (χ4v) is 2.79. The summed E-state index contributed by atoms with van der Waals surface area (Å²) in [5, 5.41) is 3.32. The van der Waals surface area contributed by atoms with Crippen molar-refractivity contribution in [1.82, 2.24) is 15.1 Å². The fourth-order valence-electron chi connectivity index (χ4n) is 2.79. The van der Waals surface area contributed by atoms with Crippen molar-refractivity contribution in [1.29, 1.82) is 0 Å². The molecule has 4 heteroatoms. The van der Waals surface area contributed by atoms with E-state index in [-0.39, 0.29) is 0 Å². The summed E-state index contributed by atoms with van der Waals surface area (Å²) in [6, 6.07) is 0.432. The van der Waals surface area contributed by atoms with Gasteiger partial charge in [0, 0.05) is 38.8 Å². The molecular weight excluding hydrogens is 214 g/mol. The van der Waals surface area contributed by atoms with Gasteiger partial charge in [0.05, 0.1) is 6.54 Å². The van der Waals surface area contributed by atoms with E-state index in [9.17, 15) is 4.79 Å². The van der Waals surface area contributed by atoms with E-state index in [1.54, 1.807) is 0 Å². The molecule has 2 aliphatic rings. The fraction of sp³-hybridized carbons (Fsp3) is 0.923. The topological polar surface area (TPSA) is 35.6 Å². The van der Waals surface area contributed by atoms with E-state index in [0.717, 1.165) is 39.1 Å². The molecule has 1 N–H and O–H groups in total. The molecule has 0 aromatic heterocycles. The third-order valence-electron chi connectivity index (χ3n) is 4.01. The molecule has 2 heterocycles. The van der Waals surface area contributed by atoms with Crippen molar-refractivity contribution < 1.29 is 4.79 Å². The van der Waals surface area contributed by atoms with Crippen molar-refractivity contribution in [3.8, 4) is 0 Å². The summed E-state index contributed by atoms with van der Waals surface area (Å²) < 4.78 is 0. The highest BCUT2D eigenvalue weighted by Crippen LogP contribution is 2.21. The number of nitrogens with one attached hydrogen (secondary N) is 1. The molecule has 2 saturated heterocycles. The van der Waals surface area contributed by atoms with Gasteiger partial charge in [-0.1, -0.05) is 6.92 Å². The number of hydrogen-bond donors (Lipinski definition) is 1. The second-order valence-corrected chi connectivity index (χ2v) is 5.60. The average molecular weight is 239 g/mol. The van der Waals surface area contributed by atoms with Crippen molar-refractivity contribution in [2.75, 3.05) is 39.3 Å². The van der Waals surface area contributed by atoms with Crippen LogP contribution >= 0.6 is 0 Å². The highest BCUT2D eigenvalue weighted by atomic mass is 16.2. The number of carbonyl (C=O) groups is 1. The van der Waals surface area contributed by atoms with Crippen LogP contribution in [0.5, 0.6) is 0 Å². The van der Waals surface area contributed by atoms with Crippen LogP contribution in [-0.4, -0.2) is 61.0 Å². The standard InChI is InChI=1S/C13H25N3O/c1-11-3-4-12(2)16(9-11)13(17)10-15-7-5-14-6-8-15/h11-12,14H,3-10H2,1-2H3. The predicted molar refractivity (Wildman–Crippen MR) is 68.9 cm³/mol. The van der Waals surface area contributed by atoms with Crippen molar-refractivity contribution in [2.45, 2.75) is 32.7 Å². The molecule has 4 nitrogen and oxygen atoms in total. The van der Waals surface area contributed by atoms with Crippen LogP contribution in [0.25, 0.3) is 0 Å². The first-order valence-corrected chi connectivity index (χ1v) is 6.89. The van der Waals surface area contributed by atoms with E-state index in [1.807, 2.05) is 0 Å². The Balaban J connectivity index is 1.85. The van der Waals surface area contributed by atoms with Gasteiger partial charge in [0.25, 0.3) is 0 Å². The minimum Gasteiger partial charge on any atom is -0.339 e. The summed E-state index contributed by atoms with van der Waals surface area (Å²) in [5.41, 5.74) is 0. The van der Waals surface area contributed by atoms with Crippen LogP contribution in [0.1, 0.15) is 26.7 Å². The maximum atomic E-state index is 12.3. The van der Waals surface area contributed by atoms with E-state index in [0.29, 0.717) is 24.4 Å². The number of nitrogens with zero attached hydrogens (tertiary/aromatic N) is 2. The second-order valence-electron chi connectivity index (χ2n) is 5.60. The summed E-state index contributed by atoms with van der Waals surface area (Å²) >= 11 is 0. The van der Waals surface area contributed by atoms with Gasteiger partial charge in [-0.2, -0.15) is 0 Å².